The van der Waals surface area contributed by atoms with E-state index in [9.17, 15) is 5.11 Å². The van der Waals surface area contributed by atoms with Crippen molar-refractivity contribution in [1.29, 1.82) is 0 Å². The van der Waals surface area contributed by atoms with Crippen LogP contribution in [0.3, 0.4) is 0 Å². The van der Waals surface area contributed by atoms with Gasteiger partial charge in [0.15, 0.2) is 0 Å². The molecule has 0 spiro atoms. The highest BCUT2D eigenvalue weighted by Crippen LogP contribution is 2.66. The fraction of sp³-hybridized carbons (Fsp3) is 0.667. The minimum atomic E-state index is 0.422. The first-order valence-corrected chi connectivity index (χ1v) is 8.39. The topological polar surface area (TPSA) is 32.3 Å². The van der Waals surface area contributed by atoms with Crippen molar-refractivity contribution in [2.75, 3.05) is 0 Å². The molecule has 1 aromatic carbocycles. The lowest BCUT2D eigenvalue weighted by Crippen LogP contribution is -2.30. The Morgan fingerprint density at radius 1 is 1.05 bits per heavy atom. The molecule has 5 atom stereocenters. The van der Waals surface area contributed by atoms with E-state index in [1.54, 1.807) is 0 Å². The highest BCUT2D eigenvalue weighted by atomic mass is 16.3. The first kappa shape index (κ1) is 11.6. The number of aromatic hydroxyl groups is 1. The zero-order chi connectivity index (χ0) is 13.3. The number of fused-ring (bicyclic) bond motifs is 6. The van der Waals surface area contributed by atoms with Gasteiger partial charge in [-0.3, -0.25) is 0 Å². The largest absolute Gasteiger partial charge is 0.508 e. The lowest BCUT2D eigenvalue weighted by atomic mass is 9.87. The first-order valence-electron chi connectivity index (χ1n) is 8.39. The second-order valence-electron chi connectivity index (χ2n) is 7.51. The zero-order valence-electron chi connectivity index (χ0n) is 11.9. The highest BCUT2D eigenvalue weighted by Gasteiger charge is 2.65. The van der Waals surface area contributed by atoms with Gasteiger partial charge in [0.05, 0.1) is 0 Å². The number of benzene rings is 1. The predicted molar refractivity (Wildman–Crippen MR) is 78.5 cm³/mol. The molecule has 1 aromatic rings. The standard InChI is InChI=1S/C18H23NO/c20-13-6-7-14-10(9-13)2-1-3-15(14)19-18-16-11-4-5-12(8-11)17(16)18/h6-7,9,11-12,15-20H,1-5,8H2. The van der Waals surface area contributed by atoms with E-state index in [-0.39, 0.29) is 0 Å². The Morgan fingerprint density at radius 3 is 2.65 bits per heavy atom. The quantitative estimate of drug-likeness (QED) is 0.862. The molecule has 0 saturated heterocycles. The van der Waals surface area contributed by atoms with Crippen molar-refractivity contribution in [3.8, 4) is 5.75 Å². The number of phenols is 1. The van der Waals surface area contributed by atoms with E-state index in [2.05, 4.69) is 11.4 Å². The smallest absolute Gasteiger partial charge is 0.115 e. The summed E-state index contributed by atoms with van der Waals surface area (Å²) in [6.07, 6.45) is 8.18. The molecule has 0 amide bonds. The monoisotopic (exact) mass is 269 g/mol. The summed E-state index contributed by atoms with van der Waals surface area (Å²) >= 11 is 0. The number of phenolic OH excluding ortho intramolecular Hbond substituents is 1. The fourth-order valence-electron chi connectivity index (χ4n) is 5.75. The predicted octanol–water partition coefficient (Wildman–Crippen LogP) is 3.40. The van der Waals surface area contributed by atoms with Gasteiger partial charge in [-0.2, -0.15) is 0 Å². The maximum atomic E-state index is 9.66. The second-order valence-corrected chi connectivity index (χ2v) is 7.51. The van der Waals surface area contributed by atoms with Crippen LogP contribution in [0.4, 0.5) is 0 Å². The normalized spacial score (nSPS) is 44.2. The summed E-state index contributed by atoms with van der Waals surface area (Å²) in [4.78, 5) is 0. The van der Waals surface area contributed by atoms with E-state index >= 15 is 0 Å². The van der Waals surface area contributed by atoms with Gasteiger partial charge in [0.25, 0.3) is 0 Å². The van der Waals surface area contributed by atoms with Gasteiger partial charge in [0.2, 0.25) is 0 Å². The van der Waals surface area contributed by atoms with Crippen molar-refractivity contribution in [3.05, 3.63) is 29.3 Å². The van der Waals surface area contributed by atoms with Gasteiger partial charge >= 0.3 is 0 Å². The van der Waals surface area contributed by atoms with Crippen molar-refractivity contribution in [2.45, 2.75) is 50.6 Å². The van der Waals surface area contributed by atoms with E-state index in [1.165, 1.54) is 43.2 Å². The van der Waals surface area contributed by atoms with Gasteiger partial charge in [0, 0.05) is 12.1 Å². The number of rotatable bonds is 2. The molecule has 0 aliphatic heterocycles. The lowest BCUT2D eigenvalue weighted by Gasteiger charge is -2.28. The second kappa shape index (κ2) is 4.00. The highest BCUT2D eigenvalue weighted by molar-refractivity contribution is 5.38. The van der Waals surface area contributed by atoms with E-state index in [0.717, 1.165) is 36.1 Å². The number of nitrogens with one attached hydrogen (secondary N) is 1. The van der Waals surface area contributed by atoms with Gasteiger partial charge in [-0.15, -0.1) is 0 Å². The van der Waals surface area contributed by atoms with Crippen LogP contribution in [0, 0.1) is 23.7 Å². The Labute approximate surface area is 120 Å². The molecule has 20 heavy (non-hydrogen) atoms. The lowest BCUT2D eigenvalue weighted by molar-refractivity contribution is 0.391. The summed E-state index contributed by atoms with van der Waals surface area (Å²) in [6, 6.07) is 7.32. The molecule has 5 rings (SSSR count). The van der Waals surface area contributed by atoms with Crippen LogP contribution >= 0.6 is 0 Å². The maximum absolute atomic E-state index is 9.66. The average molecular weight is 269 g/mol. The Morgan fingerprint density at radius 2 is 1.85 bits per heavy atom. The zero-order valence-corrected chi connectivity index (χ0v) is 11.9. The van der Waals surface area contributed by atoms with Crippen LogP contribution in [0.1, 0.15) is 49.3 Å². The third-order valence-corrected chi connectivity index (χ3v) is 6.57. The fourth-order valence-corrected chi connectivity index (χ4v) is 5.75. The SMILES string of the molecule is Oc1ccc2c(c1)CCCC2NC1C2C3CCC(C3)C12. The van der Waals surface area contributed by atoms with Crippen LogP contribution in [0.2, 0.25) is 0 Å². The van der Waals surface area contributed by atoms with E-state index in [0.29, 0.717) is 11.8 Å². The number of hydrogen-bond donors (Lipinski definition) is 2. The van der Waals surface area contributed by atoms with Crippen LogP contribution in [-0.2, 0) is 6.42 Å². The Hall–Kier alpha value is -1.02. The first-order chi connectivity index (χ1) is 9.81. The van der Waals surface area contributed by atoms with E-state index in [4.69, 9.17) is 0 Å². The van der Waals surface area contributed by atoms with E-state index < -0.39 is 0 Å². The molecule has 3 fully saturated rings. The Bertz CT molecular complexity index is 538. The maximum Gasteiger partial charge on any atom is 0.115 e. The van der Waals surface area contributed by atoms with Crippen LogP contribution in [0.15, 0.2) is 18.2 Å². The molecule has 4 aliphatic carbocycles. The van der Waals surface area contributed by atoms with Gasteiger partial charge in [-0.1, -0.05) is 6.07 Å². The van der Waals surface area contributed by atoms with Crippen LogP contribution in [-0.4, -0.2) is 11.1 Å². The third-order valence-electron chi connectivity index (χ3n) is 6.57. The minimum absolute atomic E-state index is 0.422. The minimum Gasteiger partial charge on any atom is -0.508 e. The molecule has 5 unspecified atom stereocenters. The molecule has 0 heterocycles. The molecule has 3 saturated carbocycles. The van der Waals surface area contributed by atoms with Crippen LogP contribution < -0.4 is 5.32 Å². The van der Waals surface area contributed by atoms with Gasteiger partial charge < -0.3 is 10.4 Å². The van der Waals surface area contributed by atoms with Crippen molar-refractivity contribution in [1.82, 2.24) is 5.32 Å². The molecule has 2 heteroatoms. The van der Waals surface area contributed by atoms with Crippen molar-refractivity contribution >= 4 is 0 Å². The molecular weight excluding hydrogens is 246 g/mol. The molecule has 2 N–H and O–H groups in total. The van der Waals surface area contributed by atoms with Crippen molar-refractivity contribution in [3.63, 3.8) is 0 Å². The molecule has 0 radical (unpaired) electrons. The summed E-state index contributed by atoms with van der Waals surface area (Å²) in [6.45, 7) is 0. The molecule has 2 nitrogen and oxygen atoms in total. The third kappa shape index (κ3) is 1.54. The van der Waals surface area contributed by atoms with Crippen molar-refractivity contribution < 1.29 is 5.11 Å². The average Bonchev–Trinajstić information content (AvgIpc) is 2.83. The summed E-state index contributed by atoms with van der Waals surface area (Å²) < 4.78 is 0. The van der Waals surface area contributed by atoms with E-state index in [1.807, 2.05) is 12.1 Å². The van der Waals surface area contributed by atoms with Gasteiger partial charge in [-0.25, -0.2) is 0 Å². The summed E-state index contributed by atoms with van der Waals surface area (Å²) in [5.41, 5.74) is 2.81. The number of hydrogen-bond acceptors (Lipinski definition) is 2. The summed E-state index contributed by atoms with van der Waals surface area (Å²) in [5.74, 6) is 4.54. The van der Waals surface area contributed by atoms with Gasteiger partial charge in [0.1, 0.15) is 5.75 Å². The van der Waals surface area contributed by atoms with Crippen LogP contribution in [0.5, 0.6) is 5.75 Å². The molecule has 0 aromatic heterocycles. The molecule has 2 bridgehead atoms. The summed E-state index contributed by atoms with van der Waals surface area (Å²) in [5, 5.41) is 13.6. The Balaban J connectivity index is 1.37. The molecular formula is C18H23NO. The van der Waals surface area contributed by atoms with Crippen LogP contribution in [0.25, 0.3) is 0 Å². The molecule has 106 valence electrons. The molecule has 4 aliphatic rings. The summed E-state index contributed by atoms with van der Waals surface area (Å²) in [7, 11) is 0. The Kier molecular flexibility index (Phi) is 2.33. The van der Waals surface area contributed by atoms with Crippen molar-refractivity contribution in [2.24, 2.45) is 23.7 Å². The van der Waals surface area contributed by atoms with Gasteiger partial charge in [-0.05, 0) is 85.5 Å². The number of aryl methyl sites for hydroxylation is 1.